The highest BCUT2D eigenvalue weighted by molar-refractivity contribution is 9.10. The molecular weight excluding hydrogens is 504 g/mol. The summed E-state index contributed by atoms with van der Waals surface area (Å²) in [7, 11) is 0. The van der Waals surface area contributed by atoms with Crippen LogP contribution in [0.4, 0.5) is 0 Å². The van der Waals surface area contributed by atoms with Gasteiger partial charge in [-0.1, -0.05) is 68.3 Å². The highest BCUT2D eigenvalue weighted by Gasteiger charge is 2.53. The number of benzene rings is 2. The minimum Gasteiger partial charge on any atom is -0.298 e. The van der Waals surface area contributed by atoms with Crippen LogP contribution >= 0.6 is 31.9 Å². The monoisotopic (exact) mass is 520 g/mol. The molecule has 0 radical (unpaired) electrons. The Morgan fingerprint density at radius 3 is 2.30 bits per heavy atom. The number of allylic oxidation sites excluding steroid dienone is 2. The van der Waals surface area contributed by atoms with Gasteiger partial charge in [0.25, 0.3) is 0 Å². The first kappa shape index (κ1) is 20.7. The molecule has 3 atom stereocenters. The molecule has 0 amide bonds. The van der Waals surface area contributed by atoms with Gasteiger partial charge in [0.05, 0.1) is 11.8 Å². The Morgan fingerprint density at radius 1 is 1.00 bits per heavy atom. The molecular formula is C25H18Br2N2O. The molecule has 0 spiro atoms. The van der Waals surface area contributed by atoms with Gasteiger partial charge in [0.1, 0.15) is 11.7 Å². The summed E-state index contributed by atoms with van der Waals surface area (Å²) in [5.74, 6) is -0.604. The molecule has 3 nitrogen and oxygen atoms in total. The Labute approximate surface area is 192 Å². The van der Waals surface area contributed by atoms with Crippen LogP contribution in [0.5, 0.6) is 0 Å². The first-order valence-electron chi connectivity index (χ1n) is 9.59. The molecule has 1 aliphatic carbocycles. The Bertz CT molecular complexity index is 1150. The summed E-state index contributed by atoms with van der Waals surface area (Å²) >= 11 is 7.11. The largest absolute Gasteiger partial charge is 0.298 e. The Morgan fingerprint density at radius 2 is 1.70 bits per heavy atom. The van der Waals surface area contributed by atoms with Crippen LogP contribution in [0, 0.1) is 11.3 Å². The van der Waals surface area contributed by atoms with Gasteiger partial charge >= 0.3 is 0 Å². The SMILES string of the molecule is N#C[C@]1(c2ccccn2)[C@H](c2cccc(Br)c2)CC=C(C=O)[C@H]1c1cccc(Br)c1. The van der Waals surface area contributed by atoms with E-state index in [0.717, 1.165) is 26.4 Å². The Balaban J connectivity index is 2.04. The lowest BCUT2D eigenvalue weighted by atomic mass is 9.55. The molecule has 5 heteroatoms. The van der Waals surface area contributed by atoms with E-state index in [1.54, 1.807) is 6.20 Å². The van der Waals surface area contributed by atoms with E-state index in [1.807, 2.05) is 66.7 Å². The Kier molecular flexibility index (Phi) is 5.99. The van der Waals surface area contributed by atoms with Gasteiger partial charge in [-0.15, -0.1) is 0 Å². The molecule has 1 aromatic heterocycles. The van der Waals surface area contributed by atoms with Gasteiger partial charge in [-0.2, -0.15) is 5.26 Å². The predicted octanol–water partition coefficient (Wildman–Crippen LogP) is 6.46. The molecule has 0 N–H and O–H groups in total. The molecule has 0 aliphatic heterocycles. The van der Waals surface area contributed by atoms with Crippen LogP contribution in [0.25, 0.3) is 0 Å². The van der Waals surface area contributed by atoms with Crippen LogP contribution in [0.15, 0.2) is 93.5 Å². The van der Waals surface area contributed by atoms with Gasteiger partial charge in [0, 0.05) is 27.0 Å². The van der Waals surface area contributed by atoms with Crippen molar-refractivity contribution in [3.05, 3.63) is 110 Å². The molecule has 1 aliphatic rings. The van der Waals surface area contributed by atoms with Crippen molar-refractivity contribution < 1.29 is 4.79 Å². The fraction of sp³-hybridized carbons (Fsp3) is 0.160. The van der Waals surface area contributed by atoms with E-state index in [2.05, 4.69) is 49.0 Å². The van der Waals surface area contributed by atoms with Crippen LogP contribution in [-0.4, -0.2) is 11.3 Å². The zero-order valence-electron chi connectivity index (χ0n) is 16.0. The average molecular weight is 522 g/mol. The molecule has 148 valence electrons. The van der Waals surface area contributed by atoms with Gasteiger partial charge in [0.2, 0.25) is 0 Å². The molecule has 1 heterocycles. The quantitative estimate of drug-likeness (QED) is 0.370. The lowest BCUT2D eigenvalue weighted by molar-refractivity contribution is -0.105. The average Bonchev–Trinajstić information content (AvgIpc) is 2.78. The Hall–Kier alpha value is -2.55. The van der Waals surface area contributed by atoms with E-state index < -0.39 is 11.3 Å². The van der Waals surface area contributed by atoms with Crippen molar-refractivity contribution in [1.82, 2.24) is 4.98 Å². The number of aldehydes is 1. The minimum atomic E-state index is -1.03. The standard InChI is InChI=1S/C25H18Br2N2O/c26-20-7-3-5-17(13-20)22-11-10-19(15-30)24(18-6-4-8-21(27)14-18)25(22,16-28)23-9-1-2-12-29-23/h1-10,12-15,22,24H,11H2/t22-,24+,25+/m0/s1. The van der Waals surface area contributed by atoms with Crippen molar-refractivity contribution >= 4 is 38.1 Å². The first-order chi connectivity index (χ1) is 14.6. The third kappa shape index (κ3) is 3.55. The lowest BCUT2D eigenvalue weighted by Crippen LogP contribution is -2.43. The fourth-order valence-electron chi connectivity index (χ4n) is 4.54. The van der Waals surface area contributed by atoms with Gasteiger partial charge < -0.3 is 0 Å². The molecule has 30 heavy (non-hydrogen) atoms. The molecule has 0 unspecified atom stereocenters. The molecule has 0 saturated carbocycles. The maximum atomic E-state index is 12.1. The summed E-state index contributed by atoms with van der Waals surface area (Å²) in [6, 6.07) is 24.2. The van der Waals surface area contributed by atoms with Crippen molar-refractivity contribution in [2.75, 3.05) is 0 Å². The zero-order chi connectivity index (χ0) is 21.1. The van der Waals surface area contributed by atoms with E-state index in [1.165, 1.54) is 0 Å². The summed E-state index contributed by atoms with van der Waals surface area (Å²) in [5.41, 5.74) is 2.21. The van der Waals surface area contributed by atoms with E-state index in [9.17, 15) is 10.1 Å². The highest BCUT2D eigenvalue weighted by atomic mass is 79.9. The summed E-state index contributed by atoms with van der Waals surface area (Å²) in [4.78, 5) is 16.8. The van der Waals surface area contributed by atoms with Crippen LogP contribution in [0.3, 0.4) is 0 Å². The molecule has 2 aromatic carbocycles. The summed E-state index contributed by atoms with van der Waals surface area (Å²) in [5, 5.41) is 10.8. The number of pyridine rings is 1. The van der Waals surface area contributed by atoms with Gasteiger partial charge in [-0.25, -0.2) is 0 Å². The van der Waals surface area contributed by atoms with E-state index >= 15 is 0 Å². The number of hydrogen-bond acceptors (Lipinski definition) is 3. The summed E-state index contributed by atoms with van der Waals surface area (Å²) < 4.78 is 1.86. The van der Waals surface area contributed by atoms with Crippen molar-refractivity contribution in [2.24, 2.45) is 0 Å². The second-order valence-corrected chi connectivity index (χ2v) is 9.18. The smallest absolute Gasteiger partial charge is 0.146 e. The molecule has 4 rings (SSSR count). The number of nitrogens with zero attached hydrogens (tertiary/aromatic N) is 2. The lowest BCUT2D eigenvalue weighted by Gasteiger charge is -2.44. The van der Waals surface area contributed by atoms with Crippen molar-refractivity contribution in [3.8, 4) is 6.07 Å². The third-order valence-corrected chi connectivity index (χ3v) is 6.76. The van der Waals surface area contributed by atoms with Crippen molar-refractivity contribution in [1.29, 1.82) is 5.26 Å². The number of rotatable bonds is 4. The van der Waals surface area contributed by atoms with Gasteiger partial charge in [-0.3, -0.25) is 9.78 Å². The van der Waals surface area contributed by atoms with Gasteiger partial charge in [-0.05, 0) is 59.5 Å². The van der Waals surface area contributed by atoms with Crippen LogP contribution in [-0.2, 0) is 10.2 Å². The van der Waals surface area contributed by atoms with Crippen LogP contribution in [0.2, 0.25) is 0 Å². The maximum Gasteiger partial charge on any atom is 0.146 e. The minimum absolute atomic E-state index is 0.164. The highest BCUT2D eigenvalue weighted by Crippen LogP contribution is 2.55. The van der Waals surface area contributed by atoms with Crippen molar-refractivity contribution in [3.63, 3.8) is 0 Å². The number of halogens is 2. The topological polar surface area (TPSA) is 53.8 Å². The zero-order valence-corrected chi connectivity index (χ0v) is 19.2. The second-order valence-electron chi connectivity index (χ2n) is 7.35. The number of aromatic nitrogens is 1. The number of nitriles is 1. The van der Waals surface area contributed by atoms with E-state index in [0.29, 0.717) is 17.7 Å². The van der Waals surface area contributed by atoms with Crippen molar-refractivity contribution in [2.45, 2.75) is 23.7 Å². The van der Waals surface area contributed by atoms with E-state index in [4.69, 9.17) is 0 Å². The first-order valence-corrected chi connectivity index (χ1v) is 11.2. The van der Waals surface area contributed by atoms with Gasteiger partial charge in [0.15, 0.2) is 0 Å². The fourth-order valence-corrected chi connectivity index (χ4v) is 5.37. The number of carbonyl (C=O) groups is 1. The summed E-state index contributed by atoms with van der Waals surface area (Å²) in [6.45, 7) is 0. The number of carbonyl (C=O) groups excluding carboxylic acids is 1. The normalized spacial score (nSPS) is 23.3. The van der Waals surface area contributed by atoms with Crippen LogP contribution in [0.1, 0.15) is 35.1 Å². The molecule has 0 fully saturated rings. The third-order valence-electron chi connectivity index (χ3n) is 5.77. The molecule has 3 aromatic rings. The van der Waals surface area contributed by atoms with Crippen LogP contribution < -0.4 is 0 Å². The molecule has 0 bridgehead atoms. The predicted molar refractivity (Wildman–Crippen MR) is 124 cm³/mol. The summed E-state index contributed by atoms with van der Waals surface area (Å²) in [6.07, 6.45) is 5.16. The van der Waals surface area contributed by atoms with E-state index in [-0.39, 0.29) is 5.92 Å². The maximum absolute atomic E-state index is 12.1. The second kappa shape index (κ2) is 8.67. The number of hydrogen-bond donors (Lipinski definition) is 0. The molecule has 0 saturated heterocycles.